The number of hydrogen-bond donors (Lipinski definition) is 0. The van der Waals surface area contributed by atoms with Gasteiger partial charge in [0.05, 0.1) is 6.42 Å². The topological polar surface area (TPSA) is 36.4 Å². The summed E-state index contributed by atoms with van der Waals surface area (Å²) in [6, 6.07) is 9.31. The summed E-state index contributed by atoms with van der Waals surface area (Å²) in [6.45, 7) is 4.83. The lowest BCUT2D eigenvalue weighted by Gasteiger charge is -2.38. The Balaban J connectivity index is 1.35. The van der Waals surface area contributed by atoms with Crippen LogP contribution < -0.4 is 4.90 Å². The molecule has 0 radical (unpaired) electrons. The predicted molar refractivity (Wildman–Crippen MR) is 97.6 cm³/mol. The SMILES string of the molecule is Cc1csc(CC(=O)N2CCC(N3CCc4ccccc43)CC2)n1. The lowest BCUT2D eigenvalue weighted by Crippen LogP contribution is -2.46. The third-order valence-corrected chi connectivity index (χ3v) is 6.12. The van der Waals surface area contributed by atoms with Crippen molar-refractivity contribution < 1.29 is 4.79 Å². The van der Waals surface area contributed by atoms with Gasteiger partial charge in [0.25, 0.3) is 0 Å². The molecule has 24 heavy (non-hydrogen) atoms. The second-order valence-electron chi connectivity index (χ2n) is 6.74. The van der Waals surface area contributed by atoms with Crippen molar-refractivity contribution in [3.05, 3.63) is 45.9 Å². The Morgan fingerprint density at radius 3 is 2.79 bits per heavy atom. The Morgan fingerprint density at radius 2 is 2.04 bits per heavy atom. The Hall–Kier alpha value is -1.88. The highest BCUT2D eigenvalue weighted by atomic mass is 32.1. The number of rotatable bonds is 3. The molecule has 0 unspecified atom stereocenters. The molecule has 2 aliphatic rings. The fourth-order valence-electron chi connectivity index (χ4n) is 3.90. The van der Waals surface area contributed by atoms with E-state index in [0.29, 0.717) is 12.5 Å². The Morgan fingerprint density at radius 1 is 1.25 bits per heavy atom. The molecule has 0 bridgehead atoms. The number of anilines is 1. The molecule has 1 fully saturated rings. The molecule has 0 N–H and O–H groups in total. The number of aromatic nitrogens is 1. The average Bonchev–Trinajstić information content (AvgIpc) is 3.21. The summed E-state index contributed by atoms with van der Waals surface area (Å²) in [7, 11) is 0. The van der Waals surface area contributed by atoms with Gasteiger partial charge in [-0.15, -0.1) is 11.3 Å². The minimum atomic E-state index is 0.227. The predicted octanol–water partition coefficient (Wildman–Crippen LogP) is 3.05. The number of aryl methyl sites for hydroxylation is 1. The van der Waals surface area contributed by atoms with Gasteiger partial charge < -0.3 is 9.80 Å². The number of amides is 1. The van der Waals surface area contributed by atoms with E-state index in [0.717, 1.165) is 49.6 Å². The number of carbonyl (C=O) groups excluding carboxylic acids is 1. The minimum absolute atomic E-state index is 0.227. The zero-order valence-electron chi connectivity index (χ0n) is 14.1. The van der Waals surface area contributed by atoms with E-state index < -0.39 is 0 Å². The van der Waals surface area contributed by atoms with Crippen LogP contribution in [0.25, 0.3) is 0 Å². The van der Waals surface area contributed by atoms with Gasteiger partial charge in [-0.1, -0.05) is 18.2 Å². The molecule has 126 valence electrons. The smallest absolute Gasteiger partial charge is 0.229 e. The highest BCUT2D eigenvalue weighted by Crippen LogP contribution is 2.32. The van der Waals surface area contributed by atoms with Crippen LogP contribution in [0.1, 0.15) is 29.1 Å². The van der Waals surface area contributed by atoms with Crippen molar-refractivity contribution >= 4 is 22.9 Å². The molecule has 4 rings (SSSR count). The number of nitrogens with zero attached hydrogens (tertiary/aromatic N) is 3. The first kappa shape index (κ1) is 15.6. The zero-order chi connectivity index (χ0) is 16.5. The van der Waals surface area contributed by atoms with Crippen molar-refractivity contribution in [1.82, 2.24) is 9.88 Å². The van der Waals surface area contributed by atoms with Gasteiger partial charge >= 0.3 is 0 Å². The van der Waals surface area contributed by atoms with Crippen LogP contribution in [0.15, 0.2) is 29.6 Å². The Labute approximate surface area is 147 Å². The first-order chi connectivity index (χ1) is 11.7. The van der Waals surface area contributed by atoms with Crippen LogP contribution >= 0.6 is 11.3 Å². The normalized spacial score (nSPS) is 18.0. The molecular weight excluding hydrogens is 318 g/mol. The maximum absolute atomic E-state index is 12.5. The van der Waals surface area contributed by atoms with E-state index in [1.807, 2.05) is 17.2 Å². The third kappa shape index (κ3) is 3.05. The van der Waals surface area contributed by atoms with E-state index in [-0.39, 0.29) is 5.91 Å². The minimum Gasteiger partial charge on any atom is -0.368 e. The highest BCUT2D eigenvalue weighted by Gasteiger charge is 2.30. The number of para-hydroxylation sites is 1. The van der Waals surface area contributed by atoms with Gasteiger partial charge in [-0.05, 0) is 37.8 Å². The van der Waals surface area contributed by atoms with E-state index in [2.05, 4.69) is 34.1 Å². The lowest BCUT2D eigenvalue weighted by atomic mass is 10.0. The molecule has 4 nitrogen and oxygen atoms in total. The van der Waals surface area contributed by atoms with Crippen molar-refractivity contribution in [1.29, 1.82) is 0 Å². The molecule has 0 aliphatic carbocycles. The maximum atomic E-state index is 12.5. The molecule has 0 atom stereocenters. The van der Waals surface area contributed by atoms with Gasteiger partial charge in [0, 0.05) is 42.4 Å². The van der Waals surface area contributed by atoms with Crippen LogP contribution in [0, 0.1) is 6.92 Å². The third-order valence-electron chi connectivity index (χ3n) is 5.15. The highest BCUT2D eigenvalue weighted by molar-refractivity contribution is 7.09. The van der Waals surface area contributed by atoms with E-state index >= 15 is 0 Å². The molecule has 1 aromatic heterocycles. The summed E-state index contributed by atoms with van der Waals surface area (Å²) >= 11 is 1.59. The van der Waals surface area contributed by atoms with E-state index in [4.69, 9.17) is 0 Å². The van der Waals surface area contributed by atoms with Crippen LogP contribution in [0.4, 0.5) is 5.69 Å². The fraction of sp³-hybridized carbons (Fsp3) is 0.474. The van der Waals surface area contributed by atoms with Crippen LogP contribution in [-0.2, 0) is 17.6 Å². The summed E-state index contributed by atoms with van der Waals surface area (Å²) in [5.74, 6) is 0.227. The van der Waals surface area contributed by atoms with Crippen molar-refractivity contribution in [3.8, 4) is 0 Å². The maximum Gasteiger partial charge on any atom is 0.229 e. The van der Waals surface area contributed by atoms with Gasteiger partial charge in [0.15, 0.2) is 0 Å². The van der Waals surface area contributed by atoms with Crippen LogP contribution in [0.3, 0.4) is 0 Å². The molecule has 5 heteroatoms. The van der Waals surface area contributed by atoms with Crippen molar-refractivity contribution in [2.24, 2.45) is 0 Å². The molecular formula is C19H23N3OS. The molecule has 2 aromatic rings. The molecule has 3 heterocycles. The van der Waals surface area contributed by atoms with E-state index in [1.165, 1.54) is 11.3 Å². The van der Waals surface area contributed by atoms with Crippen LogP contribution in [0.5, 0.6) is 0 Å². The second kappa shape index (κ2) is 6.55. The van der Waals surface area contributed by atoms with Crippen LogP contribution in [0.2, 0.25) is 0 Å². The molecule has 1 amide bonds. The summed E-state index contributed by atoms with van der Waals surface area (Å²) in [5, 5.41) is 2.95. The van der Waals surface area contributed by atoms with E-state index in [9.17, 15) is 4.79 Å². The molecule has 2 aliphatic heterocycles. The van der Waals surface area contributed by atoms with Gasteiger partial charge in [-0.3, -0.25) is 4.79 Å². The first-order valence-electron chi connectivity index (χ1n) is 8.74. The first-order valence-corrected chi connectivity index (χ1v) is 9.62. The summed E-state index contributed by atoms with van der Waals surface area (Å²) in [6.07, 6.45) is 3.74. The van der Waals surface area contributed by atoms with Crippen molar-refractivity contribution in [3.63, 3.8) is 0 Å². The van der Waals surface area contributed by atoms with Gasteiger partial charge in [-0.2, -0.15) is 0 Å². The second-order valence-corrected chi connectivity index (χ2v) is 7.69. The van der Waals surface area contributed by atoms with Crippen LogP contribution in [-0.4, -0.2) is 41.5 Å². The fourth-order valence-corrected chi connectivity index (χ4v) is 4.66. The quantitative estimate of drug-likeness (QED) is 0.861. The Kier molecular flexibility index (Phi) is 4.27. The molecule has 1 aromatic carbocycles. The standard InChI is InChI=1S/C19H23N3OS/c1-14-13-24-18(20-14)12-19(23)21-9-7-16(8-10-21)22-11-6-15-4-2-3-5-17(15)22/h2-5,13,16H,6-12H2,1H3. The summed E-state index contributed by atoms with van der Waals surface area (Å²) in [4.78, 5) is 21.5. The number of carbonyl (C=O) groups is 1. The monoisotopic (exact) mass is 341 g/mol. The summed E-state index contributed by atoms with van der Waals surface area (Å²) < 4.78 is 0. The van der Waals surface area contributed by atoms with Gasteiger partial charge in [0.2, 0.25) is 5.91 Å². The number of hydrogen-bond acceptors (Lipinski definition) is 4. The number of benzene rings is 1. The largest absolute Gasteiger partial charge is 0.368 e. The van der Waals surface area contributed by atoms with Crippen molar-refractivity contribution in [2.75, 3.05) is 24.5 Å². The van der Waals surface area contributed by atoms with Gasteiger partial charge in [0.1, 0.15) is 5.01 Å². The van der Waals surface area contributed by atoms with Gasteiger partial charge in [-0.25, -0.2) is 4.98 Å². The zero-order valence-corrected chi connectivity index (χ0v) is 14.9. The van der Waals surface area contributed by atoms with E-state index in [1.54, 1.807) is 11.3 Å². The molecule has 0 spiro atoms. The number of thiazole rings is 1. The lowest BCUT2D eigenvalue weighted by molar-refractivity contribution is -0.131. The number of fused-ring (bicyclic) bond motifs is 1. The molecule has 1 saturated heterocycles. The number of piperidine rings is 1. The van der Waals surface area contributed by atoms with Crippen molar-refractivity contribution in [2.45, 2.75) is 38.6 Å². The number of likely N-dealkylation sites (tertiary alicyclic amines) is 1. The average molecular weight is 341 g/mol. The Bertz CT molecular complexity index is 734. The molecule has 0 saturated carbocycles. The summed E-state index contributed by atoms with van der Waals surface area (Å²) in [5.41, 5.74) is 3.88.